The summed E-state index contributed by atoms with van der Waals surface area (Å²) in [5.74, 6) is 1.56. The van der Waals surface area contributed by atoms with Crippen LogP contribution in [0, 0.1) is 11.8 Å². The van der Waals surface area contributed by atoms with E-state index in [9.17, 15) is 9.59 Å². The summed E-state index contributed by atoms with van der Waals surface area (Å²) < 4.78 is 0. The fourth-order valence-corrected chi connectivity index (χ4v) is 4.07. The Labute approximate surface area is 150 Å². The van der Waals surface area contributed by atoms with E-state index >= 15 is 0 Å². The van der Waals surface area contributed by atoms with Gasteiger partial charge in [-0.25, -0.2) is 0 Å². The summed E-state index contributed by atoms with van der Waals surface area (Å²) in [5, 5.41) is 2.81. The number of hydrogen-bond acceptors (Lipinski definition) is 2. The number of carbonyl (C=O) groups excluding carboxylic acids is 2. The summed E-state index contributed by atoms with van der Waals surface area (Å²) in [6.45, 7) is 2.22. The third-order valence-corrected chi connectivity index (χ3v) is 5.51. The molecule has 0 radical (unpaired) electrons. The fourth-order valence-electron chi connectivity index (χ4n) is 4.07. The fraction of sp³-hybridized carbons (Fsp3) is 0.524. The first-order chi connectivity index (χ1) is 12.2. The zero-order valence-electron chi connectivity index (χ0n) is 14.8. The first-order valence-electron chi connectivity index (χ1n) is 9.51. The summed E-state index contributed by atoms with van der Waals surface area (Å²) in [4.78, 5) is 26.2. The van der Waals surface area contributed by atoms with Gasteiger partial charge in [0.15, 0.2) is 0 Å². The molecule has 25 heavy (non-hydrogen) atoms. The van der Waals surface area contributed by atoms with Gasteiger partial charge in [0.1, 0.15) is 0 Å². The Morgan fingerprint density at radius 3 is 2.64 bits per heavy atom. The summed E-state index contributed by atoms with van der Waals surface area (Å²) in [6.07, 6.45) is 10.1. The van der Waals surface area contributed by atoms with Gasteiger partial charge < -0.3 is 10.2 Å². The molecule has 1 aliphatic carbocycles. The van der Waals surface area contributed by atoms with Crippen LogP contribution in [-0.4, -0.2) is 36.3 Å². The molecule has 0 bridgehead atoms. The SMILES string of the molecule is O=C(C=Cc1ccccc1)NCCC(=O)N1CCC2CCCCC2C1. The second-order valence-electron chi connectivity index (χ2n) is 7.22. The molecule has 1 heterocycles. The molecule has 2 aliphatic rings. The Morgan fingerprint density at radius 1 is 1.08 bits per heavy atom. The van der Waals surface area contributed by atoms with Crippen LogP contribution in [0.2, 0.25) is 0 Å². The van der Waals surface area contributed by atoms with Gasteiger partial charge in [-0.2, -0.15) is 0 Å². The topological polar surface area (TPSA) is 49.4 Å². The summed E-state index contributed by atoms with van der Waals surface area (Å²) in [7, 11) is 0. The van der Waals surface area contributed by atoms with Crippen LogP contribution in [0.3, 0.4) is 0 Å². The van der Waals surface area contributed by atoms with Crippen molar-refractivity contribution in [2.24, 2.45) is 11.8 Å². The Bertz CT molecular complexity index is 612. The van der Waals surface area contributed by atoms with E-state index in [-0.39, 0.29) is 11.8 Å². The van der Waals surface area contributed by atoms with Crippen LogP contribution in [-0.2, 0) is 9.59 Å². The number of nitrogens with one attached hydrogen (secondary N) is 1. The molecule has 1 aliphatic heterocycles. The van der Waals surface area contributed by atoms with Crippen LogP contribution in [0.4, 0.5) is 0 Å². The number of nitrogens with zero attached hydrogens (tertiary/aromatic N) is 1. The van der Waals surface area contributed by atoms with E-state index in [0.29, 0.717) is 18.9 Å². The highest BCUT2D eigenvalue weighted by molar-refractivity contribution is 5.92. The molecule has 134 valence electrons. The van der Waals surface area contributed by atoms with E-state index in [1.165, 1.54) is 31.8 Å². The smallest absolute Gasteiger partial charge is 0.244 e. The first-order valence-corrected chi connectivity index (χ1v) is 9.51. The van der Waals surface area contributed by atoms with Gasteiger partial charge in [0.25, 0.3) is 0 Å². The molecule has 1 saturated heterocycles. The third kappa shape index (κ3) is 5.18. The van der Waals surface area contributed by atoms with Crippen LogP contribution in [0.1, 0.15) is 44.1 Å². The molecule has 1 aromatic rings. The lowest BCUT2D eigenvalue weighted by atomic mass is 9.75. The highest BCUT2D eigenvalue weighted by Gasteiger charge is 2.32. The average Bonchev–Trinajstić information content (AvgIpc) is 2.66. The standard InChI is InChI=1S/C21H28N2O2/c24-20(11-10-17-6-2-1-3-7-17)22-14-12-21(25)23-15-13-18-8-4-5-9-19(18)16-23/h1-3,6-7,10-11,18-19H,4-5,8-9,12-16H2,(H,22,24). The molecule has 2 amide bonds. The van der Waals surface area contributed by atoms with Crippen molar-refractivity contribution in [1.29, 1.82) is 0 Å². The van der Waals surface area contributed by atoms with Gasteiger partial charge >= 0.3 is 0 Å². The first kappa shape index (κ1) is 17.7. The number of carbonyl (C=O) groups is 2. The predicted molar refractivity (Wildman–Crippen MR) is 99.7 cm³/mol. The van der Waals surface area contributed by atoms with Crippen LogP contribution >= 0.6 is 0 Å². The monoisotopic (exact) mass is 340 g/mol. The molecule has 3 rings (SSSR count). The normalized spacial score (nSPS) is 23.3. The largest absolute Gasteiger partial charge is 0.352 e. The zero-order valence-corrected chi connectivity index (χ0v) is 14.8. The molecule has 0 aromatic heterocycles. The van der Waals surface area contributed by atoms with Gasteiger partial charge in [0.05, 0.1) is 0 Å². The lowest BCUT2D eigenvalue weighted by molar-refractivity contribution is -0.134. The van der Waals surface area contributed by atoms with E-state index in [4.69, 9.17) is 0 Å². The number of benzene rings is 1. The Hall–Kier alpha value is -2.10. The van der Waals surface area contributed by atoms with E-state index in [2.05, 4.69) is 5.32 Å². The average molecular weight is 340 g/mol. The van der Waals surface area contributed by atoms with Gasteiger partial charge in [-0.05, 0) is 36.3 Å². The minimum absolute atomic E-state index is 0.150. The van der Waals surface area contributed by atoms with Gasteiger partial charge in [0, 0.05) is 32.1 Å². The summed E-state index contributed by atoms with van der Waals surface area (Å²) in [5.41, 5.74) is 0.990. The van der Waals surface area contributed by atoms with Gasteiger partial charge in [-0.3, -0.25) is 9.59 Å². The molecule has 1 aromatic carbocycles. The number of likely N-dealkylation sites (tertiary alicyclic amines) is 1. The van der Waals surface area contributed by atoms with Crippen molar-refractivity contribution in [3.8, 4) is 0 Å². The lowest BCUT2D eigenvalue weighted by Gasteiger charge is -2.41. The molecule has 4 heteroatoms. The quantitative estimate of drug-likeness (QED) is 0.837. The molecule has 0 spiro atoms. The highest BCUT2D eigenvalue weighted by Crippen LogP contribution is 2.36. The second-order valence-corrected chi connectivity index (χ2v) is 7.22. The van der Waals surface area contributed by atoms with E-state index < -0.39 is 0 Å². The molecule has 1 saturated carbocycles. The number of piperidine rings is 1. The number of rotatable bonds is 5. The van der Waals surface area contributed by atoms with Gasteiger partial charge in [0.2, 0.25) is 11.8 Å². The van der Waals surface area contributed by atoms with Crippen molar-refractivity contribution < 1.29 is 9.59 Å². The van der Waals surface area contributed by atoms with Crippen molar-refractivity contribution in [1.82, 2.24) is 10.2 Å². The third-order valence-electron chi connectivity index (χ3n) is 5.51. The number of hydrogen-bond donors (Lipinski definition) is 1. The summed E-state index contributed by atoms with van der Waals surface area (Å²) in [6, 6.07) is 9.71. The Morgan fingerprint density at radius 2 is 1.84 bits per heavy atom. The van der Waals surface area contributed by atoms with Gasteiger partial charge in [-0.15, -0.1) is 0 Å². The number of fused-ring (bicyclic) bond motifs is 1. The van der Waals surface area contributed by atoms with Crippen molar-refractivity contribution in [2.45, 2.75) is 38.5 Å². The minimum Gasteiger partial charge on any atom is -0.352 e. The van der Waals surface area contributed by atoms with Crippen molar-refractivity contribution >= 4 is 17.9 Å². The maximum Gasteiger partial charge on any atom is 0.244 e. The molecular weight excluding hydrogens is 312 g/mol. The minimum atomic E-state index is -0.150. The molecule has 2 unspecified atom stereocenters. The van der Waals surface area contributed by atoms with E-state index in [1.54, 1.807) is 6.08 Å². The van der Waals surface area contributed by atoms with Crippen molar-refractivity contribution in [3.05, 3.63) is 42.0 Å². The number of amides is 2. The van der Waals surface area contributed by atoms with Crippen molar-refractivity contribution in [3.63, 3.8) is 0 Å². The van der Waals surface area contributed by atoms with Crippen molar-refractivity contribution in [2.75, 3.05) is 19.6 Å². The highest BCUT2D eigenvalue weighted by atomic mass is 16.2. The van der Waals surface area contributed by atoms with Crippen LogP contribution in [0.15, 0.2) is 36.4 Å². The van der Waals surface area contributed by atoms with E-state index in [1.807, 2.05) is 35.2 Å². The maximum absolute atomic E-state index is 12.4. The van der Waals surface area contributed by atoms with Crippen LogP contribution in [0.5, 0.6) is 0 Å². The molecule has 1 N–H and O–H groups in total. The summed E-state index contributed by atoms with van der Waals surface area (Å²) >= 11 is 0. The molecule has 2 atom stereocenters. The Kier molecular flexibility index (Phi) is 6.26. The second kappa shape index (κ2) is 8.84. The predicted octanol–water partition coefficient (Wildman–Crippen LogP) is 3.24. The van der Waals surface area contributed by atoms with E-state index in [0.717, 1.165) is 31.0 Å². The maximum atomic E-state index is 12.4. The van der Waals surface area contributed by atoms with Gasteiger partial charge in [-0.1, -0.05) is 49.6 Å². The van der Waals surface area contributed by atoms with Crippen LogP contribution in [0.25, 0.3) is 6.08 Å². The van der Waals surface area contributed by atoms with Crippen LogP contribution < -0.4 is 5.32 Å². The molecular formula is C21H28N2O2. The Balaban J connectivity index is 1.37. The molecule has 2 fully saturated rings. The lowest BCUT2D eigenvalue weighted by Crippen LogP contribution is -2.45. The zero-order chi connectivity index (χ0) is 17.5. The molecule has 4 nitrogen and oxygen atoms in total.